The summed E-state index contributed by atoms with van der Waals surface area (Å²) in [6.45, 7) is 2.23. The Morgan fingerprint density at radius 1 is 1.33 bits per heavy atom. The fourth-order valence-corrected chi connectivity index (χ4v) is 1.52. The highest BCUT2D eigenvalue weighted by Gasteiger charge is 2.09. The van der Waals surface area contributed by atoms with Crippen molar-refractivity contribution >= 4 is 5.91 Å². The summed E-state index contributed by atoms with van der Waals surface area (Å²) in [6, 6.07) is 10.9. The quantitative estimate of drug-likeness (QED) is 0.489. The molecule has 3 N–H and O–H groups in total. The van der Waals surface area contributed by atoms with E-state index in [4.69, 9.17) is 15.0 Å². The molecule has 1 amide bonds. The first-order valence-corrected chi connectivity index (χ1v) is 5.49. The van der Waals surface area contributed by atoms with E-state index in [1.165, 1.54) is 0 Å². The fraction of sp³-hybridized carbons (Fsp3) is 0.154. The largest absolute Gasteiger partial charge is 0.485 e. The van der Waals surface area contributed by atoms with Gasteiger partial charge in [-0.05, 0) is 30.7 Å². The minimum atomic E-state index is -0.461. The second-order valence-electron chi connectivity index (χ2n) is 3.79. The zero-order valence-corrected chi connectivity index (χ0v) is 9.97. The number of hydrogen-bond donors (Lipinski definition) is 2. The molecule has 1 aromatic heterocycles. The van der Waals surface area contributed by atoms with Crippen LogP contribution >= 0.6 is 0 Å². The topological polar surface area (TPSA) is 77.5 Å². The van der Waals surface area contributed by atoms with Gasteiger partial charge in [-0.3, -0.25) is 10.2 Å². The predicted octanol–water partition coefficient (Wildman–Crippen LogP) is 1.77. The lowest BCUT2D eigenvalue weighted by Crippen LogP contribution is -2.29. The molecule has 0 aliphatic rings. The maximum absolute atomic E-state index is 11.2. The van der Waals surface area contributed by atoms with E-state index >= 15 is 0 Å². The first kappa shape index (κ1) is 12.2. The molecule has 0 aliphatic heterocycles. The molecule has 94 valence electrons. The molecule has 5 heteroatoms. The summed E-state index contributed by atoms with van der Waals surface area (Å²) in [4.78, 5) is 11.2. The Balaban J connectivity index is 2.01. The van der Waals surface area contributed by atoms with Gasteiger partial charge in [-0.25, -0.2) is 5.84 Å². The Morgan fingerprint density at radius 2 is 2.11 bits per heavy atom. The van der Waals surface area contributed by atoms with Crippen LogP contribution < -0.4 is 16.0 Å². The maximum atomic E-state index is 11.2. The Hall–Kier alpha value is -2.27. The fourth-order valence-electron chi connectivity index (χ4n) is 1.52. The van der Waals surface area contributed by atoms with Gasteiger partial charge in [0.05, 0.1) is 0 Å². The van der Waals surface area contributed by atoms with Crippen molar-refractivity contribution in [1.29, 1.82) is 0 Å². The predicted molar refractivity (Wildman–Crippen MR) is 65.9 cm³/mol. The highest BCUT2D eigenvalue weighted by Crippen LogP contribution is 2.18. The minimum absolute atomic E-state index is 0.167. The minimum Gasteiger partial charge on any atom is -0.485 e. The van der Waals surface area contributed by atoms with Crippen LogP contribution in [0.15, 0.2) is 40.8 Å². The molecule has 0 saturated carbocycles. The van der Waals surface area contributed by atoms with E-state index in [0.29, 0.717) is 5.76 Å². The molecule has 0 saturated heterocycles. The number of benzene rings is 1. The molecule has 2 rings (SSSR count). The van der Waals surface area contributed by atoms with E-state index in [1.54, 1.807) is 12.1 Å². The number of rotatable bonds is 4. The average molecular weight is 246 g/mol. The van der Waals surface area contributed by atoms with Crippen molar-refractivity contribution < 1.29 is 13.9 Å². The number of hydrazine groups is 1. The number of carbonyl (C=O) groups excluding carboxylic acids is 1. The van der Waals surface area contributed by atoms with Crippen LogP contribution in [0.2, 0.25) is 0 Å². The van der Waals surface area contributed by atoms with E-state index in [9.17, 15) is 4.79 Å². The molecule has 0 spiro atoms. The SMILES string of the molecule is Cc1ccccc1OCc1ccc(C(=O)NN)o1. The molecule has 0 atom stereocenters. The van der Waals surface area contributed by atoms with E-state index in [-0.39, 0.29) is 12.4 Å². The monoisotopic (exact) mass is 246 g/mol. The summed E-state index contributed by atoms with van der Waals surface area (Å²) in [5, 5.41) is 0. The van der Waals surface area contributed by atoms with Crippen LogP contribution in [-0.4, -0.2) is 5.91 Å². The van der Waals surface area contributed by atoms with Crippen molar-refractivity contribution in [3.63, 3.8) is 0 Å². The van der Waals surface area contributed by atoms with Crippen LogP contribution in [0.1, 0.15) is 21.9 Å². The van der Waals surface area contributed by atoms with Crippen molar-refractivity contribution in [2.24, 2.45) is 5.84 Å². The van der Waals surface area contributed by atoms with Gasteiger partial charge in [0.25, 0.3) is 0 Å². The summed E-state index contributed by atoms with van der Waals surface area (Å²) < 4.78 is 10.9. The first-order chi connectivity index (χ1) is 8.70. The third-order valence-electron chi connectivity index (χ3n) is 2.48. The van der Waals surface area contributed by atoms with Crippen LogP contribution in [0, 0.1) is 6.92 Å². The summed E-state index contributed by atoms with van der Waals surface area (Å²) in [6.07, 6.45) is 0. The summed E-state index contributed by atoms with van der Waals surface area (Å²) in [5.74, 6) is 6.07. The van der Waals surface area contributed by atoms with Gasteiger partial charge in [-0.2, -0.15) is 0 Å². The summed E-state index contributed by atoms with van der Waals surface area (Å²) >= 11 is 0. The lowest BCUT2D eigenvalue weighted by atomic mass is 10.2. The molecule has 0 radical (unpaired) electrons. The van der Waals surface area contributed by atoms with Crippen LogP contribution in [-0.2, 0) is 6.61 Å². The third-order valence-corrected chi connectivity index (χ3v) is 2.48. The Morgan fingerprint density at radius 3 is 2.83 bits per heavy atom. The summed E-state index contributed by atoms with van der Waals surface area (Å²) in [7, 11) is 0. The van der Waals surface area contributed by atoms with Gasteiger partial charge in [0.15, 0.2) is 5.76 Å². The molecular weight excluding hydrogens is 232 g/mol. The molecule has 1 heterocycles. The van der Waals surface area contributed by atoms with Crippen molar-refractivity contribution in [1.82, 2.24) is 5.43 Å². The van der Waals surface area contributed by atoms with Crippen LogP contribution in [0.4, 0.5) is 0 Å². The third kappa shape index (κ3) is 2.70. The van der Waals surface area contributed by atoms with Crippen molar-refractivity contribution in [2.45, 2.75) is 13.5 Å². The van der Waals surface area contributed by atoms with Gasteiger partial charge >= 0.3 is 5.91 Å². The van der Waals surface area contributed by atoms with Crippen LogP contribution in [0.3, 0.4) is 0 Å². The van der Waals surface area contributed by atoms with Crippen LogP contribution in [0.5, 0.6) is 5.75 Å². The molecule has 0 fully saturated rings. The second-order valence-corrected chi connectivity index (χ2v) is 3.79. The van der Waals surface area contributed by atoms with E-state index in [0.717, 1.165) is 11.3 Å². The Bertz CT molecular complexity index is 549. The molecule has 1 aromatic carbocycles. The highest BCUT2D eigenvalue weighted by atomic mass is 16.5. The second kappa shape index (κ2) is 5.37. The number of carbonyl (C=O) groups is 1. The van der Waals surface area contributed by atoms with Gasteiger partial charge in [0, 0.05) is 0 Å². The number of hydrogen-bond acceptors (Lipinski definition) is 4. The number of aryl methyl sites for hydroxylation is 1. The Labute approximate surface area is 105 Å². The summed E-state index contributed by atoms with van der Waals surface area (Å²) in [5.41, 5.74) is 3.05. The van der Waals surface area contributed by atoms with Gasteiger partial charge in [-0.15, -0.1) is 0 Å². The molecule has 2 aromatic rings. The number of furan rings is 1. The number of para-hydroxylation sites is 1. The first-order valence-electron chi connectivity index (χ1n) is 5.49. The van der Waals surface area contributed by atoms with E-state index in [2.05, 4.69) is 0 Å². The molecule has 18 heavy (non-hydrogen) atoms. The highest BCUT2D eigenvalue weighted by molar-refractivity contribution is 5.90. The molecule has 0 unspecified atom stereocenters. The van der Waals surface area contributed by atoms with Crippen LogP contribution in [0.25, 0.3) is 0 Å². The van der Waals surface area contributed by atoms with Gasteiger partial charge in [0.2, 0.25) is 0 Å². The average Bonchev–Trinajstić information content (AvgIpc) is 2.86. The smallest absolute Gasteiger partial charge is 0.300 e. The molecule has 5 nitrogen and oxygen atoms in total. The maximum Gasteiger partial charge on any atom is 0.300 e. The normalized spacial score (nSPS) is 10.1. The van der Waals surface area contributed by atoms with Gasteiger partial charge in [0.1, 0.15) is 18.1 Å². The van der Waals surface area contributed by atoms with Gasteiger partial charge in [-0.1, -0.05) is 18.2 Å². The number of amides is 1. The number of nitrogens with two attached hydrogens (primary N) is 1. The van der Waals surface area contributed by atoms with Crippen molar-refractivity contribution in [2.75, 3.05) is 0 Å². The molecule has 0 aliphatic carbocycles. The lowest BCUT2D eigenvalue weighted by molar-refractivity contribution is 0.0922. The van der Waals surface area contributed by atoms with E-state index < -0.39 is 5.91 Å². The molecular formula is C13H14N2O3. The lowest BCUT2D eigenvalue weighted by Gasteiger charge is -2.06. The zero-order chi connectivity index (χ0) is 13.0. The zero-order valence-electron chi connectivity index (χ0n) is 9.97. The molecule has 0 bridgehead atoms. The number of nitrogens with one attached hydrogen (secondary N) is 1. The Kier molecular flexibility index (Phi) is 3.64. The van der Waals surface area contributed by atoms with E-state index in [1.807, 2.05) is 36.6 Å². The number of ether oxygens (including phenoxy) is 1. The van der Waals surface area contributed by atoms with Crippen molar-refractivity contribution in [3.05, 3.63) is 53.5 Å². The van der Waals surface area contributed by atoms with Gasteiger partial charge < -0.3 is 9.15 Å². The standard InChI is InChI=1S/C13H14N2O3/c1-9-4-2-3-5-11(9)17-8-10-6-7-12(18-10)13(16)15-14/h2-7H,8,14H2,1H3,(H,15,16). The van der Waals surface area contributed by atoms with Crippen molar-refractivity contribution in [3.8, 4) is 5.75 Å². The number of nitrogen functional groups attached to an aromatic ring is 1.